The van der Waals surface area contributed by atoms with Gasteiger partial charge < -0.3 is 20.3 Å². The van der Waals surface area contributed by atoms with E-state index < -0.39 is 5.82 Å². The lowest BCUT2D eigenvalue weighted by Crippen LogP contribution is -2.47. The minimum absolute atomic E-state index is 0.0170. The molecule has 7 rings (SSSR count). The predicted octanol–water partition coefficient (Wildman–Crippen LogP) is 6.50. The van der Waals surface area contributed by atoms with E-state index in [1.165, 1.54) is 70.1 Å². The van der Waals surface area contributed by atoms with Gasteiger partial charge in [-0.15, -0.1) is 0 Å². The zero-order valence-electron chi connectivity index (χ0n) is 25.2. The van der Waals surface area contributed by atoms with Gasteiger partial charge in [-0.25, -0.2) is 14.4 Å². The minimum atomic E-state index is -0.491. The standard InChI is InChI=1S/C34H40ClFN6O2/c1-41-11-8-34(9-12-41)16-22(17-34)20-44-31-15-29-26(33(38-21-37-29)39-25-6-7-28(36)27(35)13-25)14-30(31)40-32(43)3-2-10-42-18-23-4-5-24(23)19-42/h2-3,6-7,13-15,21-24H,4-5,8-12,16-20H2,1H3,(H,40,43)(H,37,38,39)/b3-2+. The molecule has 8 nitrogen and oxygen atoms in total. The molecule has 2 aliphatic carbocycles. The van der Waals surface area contributed by atoms with E-state index in [1.807, 2.05) is 18.2 Å². The number of amides is 1. The van der Waals surface area contributed by atoms with Crippen LogP contribution >= 0.6 is 11.6 Å². The summed E-state index contributed by atoms with van der Waals surface area (Å²) in [5, 5.41) is 6.99. The van der Waals surface area contributed by atoms with Crippen LogP contribution in [0.3, 0.4) is 0 Å². The molecule has 1 spiro atoms. The monoisotopic (exact) mass is 618 g/mol. The van der Waals surface area contributed by atoms with Gasteiger partial charge in [-0.3, -0.25) is 9.69 Å². The summed E-state index contributed by atoms with van der Waals surface area (Å²) in [6.45, 7) is 5.98. The van der Waals surface area contributed by atoms with Gasteiger partial charge in [0.25, 0.3) is 0 Å². The zero-order valence-corrected chi connectivity index (χ0v) is 26.0. The molecule has 2 N–H and O–H groups in total. The Morgan fingerprint density at radius 1 is 1.14 bits per heavy atom. The number of ether oxygens (including phenoxy) is 1. The van der Waals surface area contributed by atoms with E-state index in [-0.39, 0.29) is 10.9 Å². The van der Waals surface area contributed by atoms with Gasteiger partial charge in [0.2, 0.25) is 5.91 Å². The maximum absolute atomic E-state index is 13.8. The SMILES string of the molecule is CN1CCC2(CC1)CC(COc1cc3ncnc(Nc4ccc(F)c(Cl)c4)c3cc1NC(=O)/C=C/CN1CC3CCC3C1)C2. The topological polar surface area (TPSA) is 82.6 Å². The summed E-state index contributed by atoms with van der Waals surface area (Å²) in [6, 6.07) is 8.13. The highest BCUT2D eigenvalue weighted by Crippen LogP contribution is 2.52. The number of hydrogen-bond donors (Lipinski definition) is 2. The number of carbonyl (C=O) groups excluding carboxylic acids is 1. The lowest BCUT2D eigenvalue weighted by atomic mass is 9.58. The quantitative estimate of drug-likeness (QED) is 0.265. The van der Waals surface area contributed by atoms with Crippen LogP contribution in [0.1, 0.15) is 38.5 Å². The molecule has 232 valence electrons. The fraction of sp³-hybridized carbons (Fsp3) is 0.500. The van der Waals surface area contributed by atoms with E-state index in [1.54, 1.807) is 12.1 Å². The molecular weight excluding hydrogens is 579 g/mol. The number of carbonyl (C=O) groups is 1. The summed E-state index contributed by atoms with van der Waals surface area (Å²) in [5.74, 6) is 2.60. The molecule has 2 unspecified atom stereocenters. The molecule has 2 aliphatic heterocycles. The van der Waals surface area contributed by atoms with Crippen LogP contribution in [0, 0.1) is 29.0 Å². The highest BCUT2D eigenvalue weighted by Gasteiger charge is 2.45. The van der Waals surface area contributed by atoms with Crippen LogP contribution in [0.2, 0.25) is 5.02 Å². The lowest BCUT2D eigenvalue weighted by Gasteiger charge is -2.51. The van der Waals surface area contributed by atoms with Crippen molar-refractivity contribution in [2.45, 2.75) is 38.5 Å². The molecule has 3 aromatic rings. The van der Waals surface area contributed by atoms with Gasteiger partial charge in [-0.1, -0.05) is 17.7 Å². The number of anilines is 3. The third-order valence-corrected chi connectivity index (χ3v) is 10.6. The van der Waals surface area contributed by atoms with Crippen LogP contribution in [0.4, 0.5) is 21.6 Å². The van der Waals surface area contributed by atoms with Gasteiger partial charge in [0.05, 0.1) is 22.8 Å². The van der Waals surface area contributed by atoms with Crippen LogP contribution in [0.15, 0.2) is 48.8 Å². The molecular formula is C34H40ClFN6O2. The Morgan fingerprint density at radius 3 is 2.64 bits per heavy atom. The number of nitrogens with one attached hydrogen (secondary N) is 2. The number of likely N-dealkylation sites (tertiary alicyclic amines) is 2. The van der Waals surface area contributed by atoms with Gasteiger partial charge in [0, 0.05) is 42.9 Å². The Bertz CT molecular complexity index is 1550. The van der Waals surface area contributed by atoms with E-state index in [9.17, 15) is 9.18 Å². The summed E-state index contributed by atoms with van der Waals surface area (Å²) in [4.78, 5) is 26.9. The lowest BCUT2D eigenvalue weighted by molar-refractivity contribution is -0.111. The summed E-state index contributed by atoms with van der Waals surface area (Å²) >= 11 is 6.01. The van der Waals surface area contributed by atoms with Crippen LogP contribution in [-0.2, 0) is 4.79 Å². The molecule has 1 amide bonds. The first-order valence-corrected chi connectivity index (χ1v) is 16.2. The van der Waals surface area contributed by atoms with Gasteiger partial charge in [0.1, 0.15) is 23.7 Å². The maximum Gasteiger partial charge on any atom is 0.248 e. The van der Waals surface area contributed by atoms with Crippen molar-refractivity contribution in [3.8, 4) is 5.75 Å². The molecule has 2 saturated heterocycles. The zero-order chi connectivity index (χ0) is 30.3. The Morgan fingerprint density at radius 2 is 1.91 bits per heavy atom. The molecule has 2 aromatic carbocycles. The number of nitrogens with zero attached hydrogens (tertiary/aromatic N) is 4. The molecule has 1 aromatic heterocycles. The second kappa shape index (κ2) is 12.3. The highest BCUT2D eigenvalue weighted by molar-refractivity contribution is 6.31. The van der Waals surface area contributed by atoms with E-state index in [0.29, 0.717) is 51.8 Å². The molecule has 0 radical (unpaired) electrons. The van der Waals surface area contributed by atoms with Gasteiger partial charge in [-0.2, -0.15) is 0 Å². The molecule has 0 bridgehead atoms. The summed E-state index contributed by atoms with van der Waals surface area (Å²) < 4.78 is 20.2. The minimum Gasteiger partial charge on any atom is -0.491 e. The van der Waals surface area contributed by atoms with E-state index >= 15 is 0 Å². The third-order valence-electron chi connectivity index (χ3n) is 10.3. The molecule has 2 atom stereocenters. The van der Waals surface area contributed by atoms with Crippen LogP contribution in [-0.4, -0.2) is 72.1 Å². The summed E-state index contributed by atoms with van der Waals surface area (Å²) in [6.07, 6.45) is 12.6. The molecule has 4 aliphatic rings. The maximum atomic E-state index is 13.8. The number of aromatic nitrogens is 2. The van der Waals surface area contributed by atoms with Crippen molar-refractivity contribution in [3.63, 3.8) is 0 Å². The van der Waals surface area contributed by atoms with Crippen molar-refractivity contribution in [1.82, 2.24) is 19.8 Å². The van der Waals surface area contributed by atoms with Crippen LogP contribution in [0.5, 0.6) is 5.75 Å². The van der Waals surface area contributed by atoms with E-state index in [4.69, 9.17) is 16.3 Å². The second-order valence-electron chi connectivity index (χ2n) is 13.4. The van der Waals surface area contributed by atoms with Crippen molar-refractivity contribution in [3.05, 3.63) is 59.7 Å². The van der Waals surface area contributed by atoms with E-state index in [2.05, 4.69) is 37.4 Å². The highest BCUT2D eigenvalue weighted by atomic mass is 35.5. The second-order valence-corrected chi connectivity index (χ2v) is 13.8. The Labute approximate surface area is 263 Å². The van der Waals surface area contributed by atoms with Gasteiger partial charge in [0.15, 0.2) is 0 Å². The van der Waals surface area contributed by atoms with Gasteiger partial charge in [-0.05, 0) is 106 Å². The normalized spacial score (nSPS) is 23.4. The average Bonchev–Trinajstić information content (AvgIpc) is 3.26. The molecule has 10 heteroatoms. The first-order valence-electron chi connectivity index (χ1n) is 15.8. The summed E-state index contributed by atoms with van der Waals surface area (Å²) in [7, 11) is 2.20. The third kappa shape index (κ3) is 6.28. The van der Waals surface area contributed by atoms with E-state index in [0.717, 1.165) is 31.5 Å². The number of fused-ring (bicyclic) bond motifs is 2. The number of halogens is 2. The number of piperidine rings is 1. The average molecular weight is 619 g/mol. The van der Waals surface area contributed by atoms with Crippen molar-refractivity contribution in [2.24, 2.45) is 23.2 Å². The van der Waals surface area contributed by atoms with Crippen molar-refractivity contribution in [1.29, 1.82) is 0 Å². The van der Waals surface area contributed by atoms with Crippen LogP contribution in [0.25, 0.3) is 10.9 Å². The molecule has 4 fully saturated rings. The van der Waals surface area contributed by atoms with Crippen molar-refractivity contribution < 1.29 is 13.9 Å². The molecule has 44 heavy (non-hydrogen) atoms. The smallest absolute Gasteiger partial charge is 0.248 e. The fourth-order valence-electron chi connectivity index (χ4n) is 7.59. The Hall–Kier alpha value is -3.27. The summed E-state index contributed by atoms with van der Waals surface area (Å²) in [5.41, 5.74) is 2.30. The first kappa shape index (κ1) is 29.4. The predicted molar refractivity (Wildman–Crippen MR) is 172 cm³/mol. The number of benzene rings is 2. The first-order chi connectivity index (χ1) is 21.3. The number of hydrogen-bond acceptors (Lipinski definition) is 7. The van der Waals surface area contributed by atoms with Crippen LogP contribution < -0.4 is 15.4 Å². The molecule has 2 saturated carbocycles. The Kier molecular flexibility index (Phi) is 8.20. The van der Waals surface area contributed by atoms with Crippen molar-refractivity contribution in [2.75, 3.05) is 57.0 Å². The number of rotatable bonds is 9. The fourth-order valence-corrected chi connectivity index (χ4v) is 7.77. The molecule has 3 heterocycles. The Balaban J connectivity index is 1.08. The van der Waals surface area contributed by atoms with Gasteiger partial charge >= 0.3 is 0 Å². The largest absolute Gasteiger partial charge is 0.491 e. The van der Waals surface area contributed by atoms with Crippen molar-refractivity contribution >= 4 is 45.6 Å².